The van der Waals surface area contributed by atoms with Gasteiger partial charge >= 0.3 is 5.97 Å². The molecular formula is C20H30N6O7S. The molecule has 14 heteroatoms. The Morgan fingerprint density at radius 3 is 2.47 bits per heavy atom. The molecule has 0 radical (unpaired) electrons. The van der Waals surface area contributed by atoms with E-state index in [4.69, 9.17) is 10.9 Å². The standard InChI is InChI=1S/C20H30N6O7S/c1-2-3-10-34(32,33)24-16(20(29)30)11-22-17(27)12-26-9-8-25(13-18(26)28)15-6-4-14(5-7-15)19(21)23-31/h4-7,16,24,31H,2-3,8-13H2,1H3,(H2,21,23)(H,22,27)(H,29,30)/t16-/m0/s1. The normalized spacial score (nSPS) is 15.8. The first-order chi connectivity index (χ1) is 16.1. The summed E-state index contributed by atoms with van der Waals surface area (Å²) in [5.74, 6) is -2.54. The van der Waals surface area contributed by atoms with E-state index in [2.05, 4.69) is 15.2 Å². The zero-order chi connectivity index (χ0) is 25.3. The molecule has 0 spiro atoms. The van der Waals surface area contributed by atoms with Gasteiger partial charge in [-0.2, -0.15) is 4.72 Å². The van der Waals surface area contributed by atoms with Crippen LogP contribution in [0.4, 0.5) is 5.69 Å². The largest absolute Gasteiger partial charge is 0.480 e. The summed E-state index contributed by atoms with van der Waals surface area (Å²) in [6.45, 7) is 1.85. The van der Waals surface area contributed by atoms with E-state index < -0.39 is 34.5 Å². The van der Waals surface area contributed by atoms with Crippen LogP contribution in [0.2, 0.25) is 0 Å². The van der Waals surface area contributed by atoms with E-state index in [1.54, 1.807) is 24.3 Å². The molecule has 0 bridgehead atoms. The van der Waals surface area contributed by atoms with Crippen LogP contribution in [-0.2, 0) is 24.4 Å². The number of carbonyl (C=O) groups excluding carboxylic acids is 2. The first-order valence-corrected chi connectivity index (χ1v) is 12.3. The van der Waals surface area contributed by atoms with Crippen LogP contribution in [0.3, 0.4) is 0 Å². The molecule has 0 aliphatic carbocycles. The van der Waals surface area contributed by atoms with Crippen molar-refractivity contribution in [3.8, 4) is 0 Å². The summed E-state index contributed by atoms with van der Waals surface area (Å²) >= 11 is 0. The number of sulfonamides is 1. The van der Waals surface area contributed by atoms with E-state index in [1.165, 1.54) is 4.90 Å². The highest BCUT2D eigenvalue weighted by atomic mass is 32.2. The van der Waals surface area contributed by atoms with Crippen molar-refractivity contribution >= 4 is 39.3 Å². The minimum Gasteiger partial charge on any atom is -0.480 e. The third kappa shape index (κ3) is 7.88. The molecule has 6 N–H and O–H groups in total. The Hall–Kier alpha value is -3.39. The number of carbonyl (C=O) groups is 3. The van der Waals surface area contributed by atoms with Gasteiger partial charge in [-0.1, -0.05) is 18.5 Å². The van der Waals surface area contributed by atoms with E-state index in [9.17, 15) is 27.9 Å². The molecule has 1 aromatic rings. The number of amidine groups is 1. The number of anilines is 1. The van der Waals surface area contributed by atoms with Gasteiger partial charge in [0.25, 0.3) is 0 Å². The van der Waals surface area contributed by atoms with Crippen molar-refractivity contribution in [1.82, 2.24) is 14.9 Å². The monoisotopic (exact) mass is 498 g/mol. The second kappa shape index (κ2) is 12.2. The van der Waals surface area contributed by atoms with Gasteiger partial charge in [-0.15, -0.1) is 0 Å². The molecule has 1 aromatic carbocycles. The van der Waals surface area contributed by atoms with Gasteiger partial charge in [-0.05, 0) is 30.7 Å². The molecule has 1 saturated heterocycles. The highest BCUT2D eigenvalue weighted by molar-refractivity contribution is 7.89. The van der Waals surface area contributed by atoms with Crippen LogP contribution in [-0.4, -0.2) is 91.8 Å². The molecule has 1 aliphatic rings. The lowest BCUT2D eigenvalue weighted by molar-refractivity contribution is -0.139. The number of nitrogens with two attached hydrogens (primary N) is 1. The van der Waals surface area contributed by atoms with E-state index in [0.29, 0.717) is 24.9 Å². The molecule has 0 aromatic heterocycles. The van der Waals surface area contributed by atoms with E-state index in [-0.39, 0.29) is 37.1 Å². The summed E-state index contributed by atoms with van der Waals surface area (Å²) in [4.78, 5) is 39.3. The minimum absolute atomic E-state index is 0.0302. The van der Waals surface area contributed by atoms with Gasteiger partial charge in [0, 0.05) is 30.9 Å². The van der Waals surface area contributed by atoms with Crippen molar-refractivity contribution < 1.29 is 33.1 Å². The molecule has 0 unspecified atom stereocenters. The SMILES string of the molecule is CCCCS(=O)(=O)N[C@@H](CNC(=O)CN1CCN(c2ccc(C(N)=NO)cc2)CC1=O)C(=O)O. The van der Waals surface area contributed by atoms with Crippen LogP contribution in [0.5, 0.6) is 0 Å². The zero-order valence-electron chi connectivity index (χ0n) is 18.8. The van der Waals surface area contributed by atoms with E-state index >= 15 is 0 Å². The Morgan fingerprint density at radius 1 is 1.24 bits per heavy atom. The number of benzene rings is 1. The number of oxime groups is 1. The van der Waals surface area contributed by atoms with Crippen molar-refractivity contribution in [2.45, 2.75) is 25.8 Å². The quantitative estimate of drug-likeness (QED) is 0.101. The molecule has 1 fully saturated rings. The van der Waals surface area contributed by atoms with Gasteiger partial charge < -0.3 is 31.2 Å². The predicted molar refractivity (Wildman–Crippen MR) is 124 cm³/mol. The molecule has 2 rings (SSSR count). The average Bonchev–Trinajstić information content (AvgIpc) is 2.81. The maximum atomic E-state index is 12.5. The summed E-state index contributed by atoms with van der Waals surface area (Å²) in [6.07, 6.45) is 1.02. The lowest BCUT2D eigenvalue weighted by atomic mass is 10.1. The number of carboxylic acids is 1. The van der Waals surface area contributed by atoms with Crippen LogP contribution in [0.15, 0.2) is 29.4 Å². The zero-order valence-corrected chi connectivity index (χ0v) is 19.6. The number of nitrogens with one attached hydrogen (secondary N) is 2. The lowest BCUT2D eigenvalue weighted by Crippen LogP contribution is -2.54. The van der Waals surface area contributed by atoms with Crippen molar-refractivity contribution in [2.24, 2.45) is 10.9 Å². The summed E-state index contributed by atoms with van der Waals surface area (Å²) in [7, 11) is -3.79. The fourth-order valence-corrected chi connectivity index (χ4v) is 4.64. The second-order valence-electron chi connectivity index (χ2n) is 7.75. The number of piperazine rings is 1. The molecule has 34 heavy (non-hydrogen) atoms. The molecule has 0 saturated carbocycles. The maximum Gasteiger partial charge on any atom is 0.323 e. The van der Waals surface area contributed by atoms with Crippen molar-refractivity contribution in [3.63, 3.8) is 0 Å². The van der Waals surface area contributed by atoms with Crippen molar-refractivity contribution in [2.75, 3.05) is 43.4 Å². The Kier molecular flexibility index (Phi) is 9.62. The van der Waals surface area contributed by atoms with Crippen molar-refractivity contribution in [3.05, 3.63) is 29.8 Å². The number of nitrogens with zero attached hydrogens (tertiary/aromatic N) is 3. The Bertz CT molecular complexity index is 1010. The first kappa shape index (κ1) is 26.9. The second-order valence-corrected chi connectivity index (χ2v) is 9.63. The summed E-state index contributed by atoms with van der Waals surface area (Å²) in [5, 5.41) is 23.3. The van der Waals surface area contributed by atoms with Crippen LogP contribution in [0, 0.1) is 0 Å². The van der Waals surface area contributed by atoms with Crippen LogP contribution in [0.25, 0.3) is 0 Å². The molecule has 188 valence electrons. The Balaban J connectivity index is 1.86. The van der Waals surface area contributed by atoms with E-state index in [0.717, 1.165) is 5.69 Å². The van der Waals surface area contributed by atoms with E-state index in [1.807, 2.05) is 11.8 Å². The molecule has 2 amide bonds. The fraction of sp³-hybridized carbons (Fsp3) is 0.500. The van der Waals surface area contributed by atoms with Crippen LogP contribution in [0.1, 0.15) is 25.3 Å². The summed E-state index contributed by atoms with van der Waals surface area (Å²) < 4.78 is 26.0. The Labute approximate surface area is 197 Å². The topological polar surface area (TPSA) is 195 Å². The predicted octanol–water partition coefficient (Wildman–Crippen LogP) is -1.28. The van der Waals surface area contributed by atoms with Gasteiger partial charge in [0.2, 0.25) is 21.8 Å². The van der Waals surface area contributed by atoms with Crippen LogP contribution >= 0.6 is 0 Å². The Morgan fingerprint density at radius 2 is 1.91 bits per heavy atom. The number of hydrogen-bond donors (Lipinski definition) is 5. The molecule has 1 atom stereocenters. The lowest BCUT2D eigenvalue weighted by Gasteiger charge is -2.35. The number of aliphatic carboxylic acids is 1. The highest BCUT2D eigenvalue weighted by Crippen LogP contribution is 2.18. The number of unbranched alkanes of at least 4 members (excludes halogenated alkanes) is 1. The average molecular weight is 499 g/mol. The number of amides is 2. The smallest absolute Gasteiger partial charge is 0.323 e. The summed E-state index contributed by atoms with van der Waals surface area (Å²) in [6, 6.07) is 5.27. The van der Waals surface area contributed by atoms with Gasteiger partial charge in [-0.3, -0.25) is 14.4 Å². The fourth-order valence-electron chi connectivity index (χ4n) is 3.23. The molecule has 1 aliphatic heterocycles. The third-order valence-corrected chi connectivity index (χ3v) is 6.65. The minimum atomic E-state index is -3.79. The molecule has 1 heterocycles. The molecular weight excluding hydrogens is 468 g/mol. The highest BCUT2D eigenvalue weighted by Gasteiger charge is 2.27. The molecule has 13 nitrogen and oxygen atoms in total. The first-order valence-electron chi connectivity index (χ1n) is 10.7. The number of rotatable bonds is 12. The summed E-state index contributed by atoms with van der Waals surface area (Å²) in [5.41, 5.74) is 6.82. The van der Waals surface area contributed by atoms with Gasteiger partial charge in [0.1, 0.15) is 6.04 Å². The maximum absolute atomic E-state index is 12.5. The van der Waals surface area contributed by atoms with Gasteiger partial charge in [0.15, 0.2) is 5.84 Å². The van der Waals surface area contributed by atoms with Crippen LogP contribution < -0.4 is 20.7 Å². The van der Waals surface area contributed by atoms with Crippen molar-refractivity contribution in [1.29, 1.82) is 0 Å². The number of carboxylic acid groups (broad SMARTS) is 1. The van der Waals surface area contributed by atoms with Gasteiger partial charge in [-0.25, -0.2) is 8.42 Å². The number of hydrogen-bond acceptors (Lipinski definition) is 8. The van der Waals surface area contributed by atoms with Gasteiger partial charge in [0.05, 0.1) is 18.8 Å². The third-order valence-electron chi connectivity index (χ3n) is 5.18.